The van der Waals surface area contributed by atoms with Gasteiger partial charge in [0.2, 0.25) is 5.78 Å². The molecule has 3 aliphatic rings. The van der Waals surface area contributed by atoms with Crippen molar-refractivity contribution in [1.29, 1.82) is 0 Å². The van der Waals surface area contributed by atoms with Gasteiger partial charge in [-0.15, -0.1) is 0 Å². The van der Waals surface area contributed by atoms with E-state index in [9.17, 15) is 28.1 Å². The molecule has 2 saturated heterocycles. The summed E-state index contributed by atoms with van der Waals surface area (Å²) in [7, 11) is 0. The third kappa shape index (κ3) is 3.16. The Bertz CT molecular complexity index is 1390. The van der Waals surface area contributed by atoms with Crippen LogP contribution < -0.4 is 0 Å². The van der Waals surface area contributed by atoms with Crippen LogP contribution in [0, 0.1) is 15.5 Å². The minimum absolute atomic E-state index is 0.0146. The van der Waals surface area contributed by atoms with Crippen molar-refractivity contribution in [3.8, 4) is 0 Å². The van der Waals surface area contributed by atoms with E-state index in [0.29, 0.717) is 5.57 Å². The van der Waals surface area contributed by atoms with Crippen LogP contribution in [-0.2, 0) is 0 Å². The molecule has 0 aliphatic carbocycles. The Morgan fingerprint density at radius 2 is 1.56 bits per heavy atom. The Hall–Kier alpha value is -3.48. The Morgan fingerprint density at radius 1 is 1.00 bits per heavy atom. The second-order valence-electron chi connectivity index (χ2n) is 10.6. The molecule has 0 bridgehead atoms. The fraction of sp³-hybridized carbons (Fsp3) is 0.423. The molecule has 4 atom stereocenters. The zero-order valence-corrected chi connectivity index (χ0v) is 20.8. The van der Waals surface area contributed by atoms with E-state index in [1.54, 1.807) is 0 Å². The Labute approximate surface area is 217 Å². The van der Waals surface area contributed by atoms with Crippen LogP contribution in [0.5, 0.6) is 0 Å². The summed E-state index contributed by atoms with van der Waals surface area (Å²) in [5, 5.41) is 11.8. The highest BCUT2D eigenvalue weighted by Crippen LogP contribution is 2.70. The molecule has 0 N–H and O–H groups in total. The first-order valence-corrected chi connectivity index (χ1v) is 11.9. The third-order valence-electron chi connectivity index (χ3n) is 8.32. The highest BCUT2D eigenvalue weighted by molar-refractivity contribution is 6.04. The number of nitrogens with zero attached hydrogens (tertiary/aromatic N) is 3. The molecular weight excluding hydrogens is 535 g/mol. The van der Waals surface area contributed by atoms with Crippen molar-refractivity contribution in [2.75, 3.05) is 0 Å². The average molecular weight is 557 g/mol. The quantitative estimate of drug-likeness (QED) is 0.134. The maximum Gasteiger partial charge on any atom is 0.458 e. The van der Waals surface area contributed by atoms with E-state index in [4.69, 9.17) is 0 Å². The number of halogens is 7. The van der Waals surface area contributed by atoms with Crippen molar-refractivity contribution in [2.24, 2.45) is 5.41 Å². The van der Waals surface area contributed by atoms with Gasteiger partial charge >= 0.3 is 12.1 Å². The van der Waals surface area contributed by atoms with E-state index >= 15 is 17.6 Å². The van der Waals surface area contributed by atoms with Crippen LogP contribution in [0.2, 0.25) is 0 Å². The van der Waals surface area contributed by atoms with Crippen molar-refractivity contribution >= 4 is 11.5 Å². The fourth-order valence-electron chi connectivity index (χ4n) is 6.22. The third-order valence-corrected chi connectivity index (χ3v) is 8.32. The molecule has 0 saturated carbocycles. The van der Waals surface area contributed by atoms with Gasteiger partial charge in [0.25, 0.3) is 17.1 Å². The lowest BCUT2D eigenvalue weighted by atomic mass is 9.67. The number of hydrogen-bond donors (Lipinski definition) is 0. The predicted molar refractivity (Wildman–Crippen MR) is 124 cm³/mol. The average Bonchev–Trinajstić information content (AvgIpc) is 3.42. The SMILES string of the molecule is CC1=C2C[C@@H](c3ccc([N+](=O)[O-])cc3)N3N2[C@@H](C1(C)C)[C@](F)(C(=O)c1ccccc1)[C@]3(F)C(F)(F)C(F)(F)F. The topological polar surface area (TPSA) is 66.7 Å². The number of nitro benzene ring substituents is 1. The smallest absolute Gasteiger partial charge is 0.298 e. The number of benzene rings is 2. The van der Waals surface area contributed by atoms with Crippen molar-refractivity contribution < 1.29 is 40.5 Å². The van der Waals surface area contributed by atoms with E-state index < -0.39 is 63.0 Å². The van der Waals surface area contributed by atoms with Crippen molar-refractivity contribution in [3.63, 3.8) is 0 Å². The van der Waals surface area contributed by atoms with E-state index in [1.165, 1.54) is 39.0 Å². The monoisotopic (exact) mass is 557 g/mol. The molecule has 6 nitrogen and oxygen atoms in total. The summed E-state index contributed by atoms with van der Waals surface area (Å²) in [6.07, 6.45) is -6.87. The van der Waals surface area contributed by atoms with Gasteiger partial charge in [0, 0.05) is 35.2 Å². The number of ketones is 1. The zero-order chi connectivity index (χ0) is 28.9. The molecule has 0 radical (unpaired) electrons. The van der Waals surface area contributed by atoms with E-state index in [2.05, 4.69) is 0 Å². The van der Waals surface area contributed by atoms with Gasteiger partial charge in [0.15, 0.2) is 0 Å². The molecule has 208 valence electrons. The number of Topliss-reactive ketones (excluding diaryl/α,β-unsaturated/α-hetero) is 1. The zero-order valence-electron chi connectivity index (χ0n) is 20.8. The predicted octanol–water partition coefficient (Wildman–Crippen LogP) is 6.71. The normalized spacial score (nSPS) is 30.2. The highest BCUT2D eigenvalue weighted by atomic mass is 19.4. The number of carbonyl (C=O) groups excluding carboxylic acids is 1. The standard InChI is InChI=1S/C26H22F7N3O3/c1-14-18-13-19(15-9-11-17(12-10-15)36(38)39)35-25(30,24(28,29)26(31,32)33)23(27,21(34(18)35)22(14,2)3)20(37)16-7-5-4-6-8-16/h4-12,19,21H,13H2,1-3H3/t19-,21-,23+,25+/m0/s1. The lowest BCUT2D eigenvalue weighted by Crippen LogP contribution is -2.72. The van der Waals surface area contributed by atoms with Gasteiger partial charge in [-0.25, -0.2) is 8.78 Å². The molecule has 0 aromatic heterocycles. The number of carbonyl (C=O) groups is 1. The van der Waals surface area contributed by atoms with Gasteiger partial charge in [0.05, 0.1) is 11.0 Å². The molecule has 3 heterocycles. The van der Waals surface area contributed by atoms with Gasteiger partial charge in [-0.1, -0.05) is 56.3 Å². The number of nitro groups is 1. The van der Waals surface area contributed by atoms with Crippen LogP contribution >= 0.6 is 0 Å². The summed E-state index contributed by atoms with van der Waals surface area (Å²) in [4.78, 5) is 24.0. The maximum absolute atomic E-state index is 17.5. The summed E-state index contributed by atoms with van der Waals surface area (Å²) < 4.78 is 108. The Morgan fingerprint density at radius 3 is 2.08 bits per heavy atom. The van der Waals surface area contributed by atoms with Crippen LogP contribution in [0.4, 0.5) is 36.4 Å². The van der Waals surface area contributed by atoms with Crippen LogP contribution in [0.25, 0.3) is 0 Å². The van der Waals surface area contributed by atoms with E-state index in [0.717, 1.165) is 41.4 Å². The molecule has 2 aromatic rings. The largest absolute Gasteiger partial charge is 0.458 e. The molecule has 2 aromatic carbocycles. The fourth-order valence-corrected chi connectivity index (χ4v) is 6.22. The van der Waals surface area contributed by atoms with E-state index in [1.807, 2.05) is 0 Å². The van der Waals surface area contributed by atoms with Crippen molar-refractivity contribution in [2.45, 2.75) is 62.8 Å². The van der Waals surface area contributed by atoms with Gasteiger partial charge in [0.1, 0.15) is 6.04 Å². The molecular formula is C26H22F7N3O3. The Balaban J connectivity index is 1.82. The second kappa shape index (κ2) is 8.03. The first-order chi connectivity index (χ1) is 17.9. The number of rotatable bonds is 5. The van der Waals surface area contributed by atoms with Crippen LogP contribution in [0.1, 0.15) is 49.2 Å². The lowest BCUT2D eigenvalue weighted by molar-refractivity contribution is -0.384. The minimum Gasteiger partial charge on any atom is -0.298 e. The lowest BCUT2D eigenvalue weighted by Gasteiger charge is -2.44. The van der Waals surface area contributed by atoms with Crippen LogP contribution in [0.15, 0.2) is 65.9 Å². The summed E-state index contributed by atoms with van der Waals surface area (Å²) >= 11 is 0. The van der Waals surface area contributed by atoms with Crippen LogP contribution in [0.3, 0.4) is 0 Å². The molecule has 2 fully saturated rings. The summed E-state index contributed by atoms with van der Waals surface area (Å²) in [6, 6.07) is 6.38. The minimum atomic E-state index is -6.58. The van der Waals surface area contributed by atoms with E-state index in [-0.39, 0.29) is 22.7 Å². The molecule has 5 rings (SSSR count). The van der Waals surface area contributed by atoms with Crippen molar-refractivity contribution in [3.05, 3.63) is 87.1 Å². The number of hydrazine groups is 1. The highest BCUT2D eigenvalue weighted by Gasteiger charge is 2.92. The Kier molecular flexibility index (Phi) is 5.58. The molecule has 3 aliphatic heterocycles. The second-order valence-corrected chi connectivity index (χ2v) is 10.6. The summed E-state index contributed by atoms with van der Waals surface area (Å²) in [5.74, 6) is -13.4. The van der Waals surface area contributed by atoms with Gasteiger partial charge in [-0.2, -0.15) is 27.0 Å². The first kappa shape index (κ1) is 27.1. The molecule has 0 amide bonds. The summed E-state index contributed by atoms with van der Waals surface area (Å²) in [5.41, 5.74) is -6.49. The maximum atomic E-state index is 17.5. The molecule has 0 unspecified atom stereocenters. The number of non-ortho nitro benzene ring substituents is 1. The summed E-state index contributed by atoms with van der Waals surface area (Å²) in [6.45, 7) is 4.25. The number of alkyl halides is 7. The van der Waals surface area contributed by atoms with Gasteiger partial charge in [-0.3, -0.25) is 19.9 Å². The first-order valence-electron chi connectivity index (χ1n) is 11.9. The van der Waals surface area contributed by atoms with Crippen LogP contribution in [-0.4, -0.2) is 50.3 Å². The number of hydrogen-bond acceptors (Lipinski definition) is 5. The molecule has 0 spiro atoms. The van der Waals surface area contributed by atoms with Gasteiger partial charge < -0.3 is 0 Å². The molecule has 39 heavy (non-hydrogen) atoms. The van der Waals surface area contributed by atoms with Crippen molar-refractivity contribution in [1.82, 2.24) is 10.0 Å². The van der Waals surface area contributed by atoms with Gasteiger partial charge in [-0.05, 0) is 18.1 Å². The molecule has 13 heteroatoms.